The summed E-state index contributed by atoms with van der Waals surface area (Å²) in [5.41, 5.74) is 1.69. The molecule has 0 saturated carbocycles. The number of halogens is 1. The number of carbonyl (C=O) groups excluding carboxylic acids is 1. The third-order valence-corrected chi connectivity index (χ3v) is 5.57. The van der Waals surface area contributed by atoms with Crippen LogP contribution in [0.3, 0.4) is 0 Å². The van der Waals surface area contributed by atoms with Gasteiger partial charge in [0.05, 0.1) is 18.6 Å². The Kier molecular flexibility index (Phi) is 6.42. The molecule has 9 heteroatoms. The normalized spacial score (nSPS) is 10.9. The van der Waals surface area contributed by atoms with Crippen LogP contribution in [0.2, 0.25) is 0 Å². The van der Waals surface area contributed by atoms with E-state index in [0.29, 0.717) is 24.1 Å². The minimum absolute atomic E-state index is 0.0650. The Hall–Kier alpha value is -3.46. The van der Waals surface area contributed by atoms with Gasteiger partial charge in [0.2, 0.25) is 5.91 Å². The minimum Gasteiger partial charge on any atom is -0.467 e. The second kappa shape index (κ2) is 9.57. The van der Waals surface area contributed by atoms with Crippen molar-refractivity contribution in [2.24, 2.45) is 0 Å². The van der Waals surface area contributed by atoms with Crippen LogP contribution in [0.5, 0.6) is 0 Å². The highest BCUT2D eigenvalue weighted by atomic mass is 32.2. The van der Waals surface area contributed by atoms with Gasteiger partial charge in [-0.05, 0) is 42.0 Å². The molecule has 1 amide bonds. The average molecular weight is 438 g/mol. The van der Waals surface area contributed by atoms with Crippen molar-refractivity contribution in [1.82, 2.24) is 24.6 Å². The van der Waals surface area contributed by atoms with Crippen LogP contribution in [0.25, 0.3) is 11.4 Å². The van der Waals surface area contributed by atoms with Gasteiger partial charge in [-0.25, -0.2) is 4.39 Å². The second-order valence-electron chi connectivity index (χ2n) is 6.88. The van der Waals surface area contributed by atoms with Crippen LogP contribution in [0, 0.1) is 5.82 Å². The molecule has 0 N–H and O–H groups in total. The first kappa shape index (κ1) is 20.8. The number of amides is 1. The maximum atomic E-state index is 13.1. The number of carbonyl (C=O) groups is 1. The monoisotopic (exact) mass is 437 g/mol. The van der Waals surface area contributed by atoms with Gasteiger partial charge >= 0.3 is 0 Å². The fourth-order valence-corrected chi connectivity index (χ4v) is 3.87. The Labute approximate surface area is 182 Å². The van der Waals surface area contributed by atoms with E-state index in [-0.39, 0.29) is 17.5 Å². The molecule has 0 unspecified atom stereocenters. The first-order chi connectivity index (χ1) is 15.1. The number of furan rings is 1. The topological polar surface area (TPSA) is 77.1 Å². The highest BCUT2D eigenvalue weighted by molar-refractivity contribution is 7.99. The van der Waals surface area contributed by atoms with Crippen LogP contribution in [0.4, 0.5) is 4.39 Å². The Morgan fingerprint density at radius 3 is 2.71 bits per heavy atom. The zero-order valence-electron chi connectivity index (χ0n) is 16.8. The molecule has 0 bridgehead atoms. The van der Waals surface area contributed by atoms with Crippen LogP contribution in [0.1, 0.15) is 11.3 Å². The van der Waals surface area contributed by atoms with Gasteiger partial charge in [0.25, 0.3) is 0 Å². The number of rotatable bonds is 8. The van der Waals surface area contributed by atoms with Crippen molar-refractivity contribution >= 4 is 17.7 Å². The molecular formula is C22H20FN5O2S. The molecule has 0 aliphatic heterocycles. The molecule has 7 nitrogen and oxygen atoms in total. The number of benzene rings is 1. The van der Waals surface area contributed by atoms with Crippen molar-refractivity contribution in [3.05, 3.63) is 84.3 Å². The van der Waals surface area contributed by atoms with E-state index in [9.17, 15) is 9.18 Å². The predicted octanol–water partition coefficient (Wildman–Crippen LogP) is 3.87. The highest BCUT2D eigenvalue weighted by Crippen LogP contribution is 2.25. The summed E-state index contributed by atoms with van der Waals surface area (Å²) in [5, 5.41) is 9.22. The Morgan fingerprint density at radius 2 is 2.00 bits per heavy atom. The van der Waals surface area contributed by atoms with Crippen molar-refractivity contribution in [2.45, 2.75) is 18.2 Å². The Balaban J connectivity index is 1.48. The third-order valence-electron chi connectivity index (χ3n) is 4.61. The van der Waals surface area contributed by atoms with Gasteiger partial charge in [-0.15, -0.1) is 10.2 Å². The summed E-state index contributed by atoms with van der Waals surface area (Å²) >= 11 is 1.31. The molecule has 4 rings (SSSR count). The lowest BCUT2D eigenvalue weighted by Crippen LogP contribution is -2.27. The highest BCUT2D eigenvalue weighted by Gasteiger charge is 2.18. The van der Waals surface area contributed by atoms with Crippen LogP contribution < -0.4 is 0 Å². The van der Waals surface area contributed by atoms with Gasteiger partial charge in [0, 0.05) is 31.5 Å². The molecule has 0 aliphatic carbocycles. The molecule has 0 saturated heterocycles. The fraction of sp³-hybridized carbons (Fsp3) is 0.182. The third kappa shape index (κ3) is 5.18. The lowest BCUT2D eigenvalue weighted by Gasteiger charge is -2.17. The van der Waals surface area contributed by atoms with Gasteiger partial charge < -0.3 is 9.32 Å². The summed E-state index contributed by atoms with van der Waals surface area (Å²) in [6, 6.07) is 13.6. The quantitative estimate of drug-likeness (QED) is 0.390. The average Bonchev–Trinajstić information content (AvgIpc) is 3.44. The fourth-order valence-electron chi connectivity index (χ4n) is 2.99. The summed E-state index contributed by atoms with van der Waals surface area (Å²) in [6.07, 6.45) is 5.03. The molecule has 158 valence electrons. The Morgan fingerprint density at radius 1 is 1.16 bits per heavy atom. The van der Waals surface area contributed by atoms with E-state index in [4.69, 9.17) is 4.42 Å². The first-order valence-electron chi connectivity index (χ1n) is 9.57. The van der Waals surface area contributed by atoms with Crippen molar-refractivity contribution in [3.63, 3.8) is 0 Å². The molecule has 0 atom stereocenters. The van der Waals surface area contributed by atoms with Gasteiger partial charge in [-0.3, -0.25) is 14.3 Å². The van der Waals surface area contributed by atoms with E-state index in [1.165, 1.54) is 23.9 Å². The van der Waals surface area contributed by atoms with E-state index in [1.54, 1.807) is 42.7 Å². The molecule has 31 heavy (non-hydrogen) atoms. The van der Waals surface area contributed by atoms with E-state index < -0.39 is 0 Å². The molecule has 0 aliphatic rings. The second-order valence-corrected chi connectivity index (χ2v) is 7.82. The molecule has 3 aromatic heterocycles. The summed E-state index contributed by atoms with van der Waals surface area (Å²) in [7, 11) is 1.72. The van der Waals surface area contributed by atoms with Crippen molar-refractivity contribution < 1.29 is 13.6 Å². The van der Waals surface area contributed by atoms with Crippen LogP contribution in [-0.4, -0.2) is 43.4 Å². The number of thioether (sulfide) groups is 1. The standard InChI is InChI=1S/C22H20FN5O2S/c1-27(13-16-6-8-18(23)9-7-16)20(29)15-31-22-26-25-21(17-4-2-10-24-12-17)28(22)14-19-5-3-11-30-19/h2-12H,13-15H2,1H3. The van der Waals surface area contributed by atoms with Gasteiger partial charge in [0.1, 0.15) is 11.6 Å². The van der Waals surface area contributed by atoms with Gasteiger partial charge in [-0.2, -0.15) is 0 Å². The summed E-state index contributed by atoms with van der Waals surface area (Å²) in [4.78, 5) is 18.4. The van der Waals surface area contributed by atoms with Crippen LogP contribution in [0.15, 0.2) is 76.8 Å². The summed E-state index contributed by atoms with van der Waals surface area (Å²) < 4.78 is 20.5. The SMILES string of the molecule is CN(Cc1ccc(F)cc1)C(=O)CSc1nnc(-c2cccnc2)n1Cc1ccco1. The van der Waals surface area contributed by atoms with Crippen molar-refractivity contribution in [3.8, 4) is 11.4 Å². The van der Waals surface area contributed by atoms with Crippen molar-refractivity contribution in [2.75, 3.05) is 12.8 Å². The number of aromatic nitrogens is 4. The van der Waals surface area contributed by atoms with E-state index in [2.05, 4.69) is 15.2 Å². The smallest absolute Gasteiger partial charge is 0.233 e. The molecule has 0 radical (unpaired) electrons. The number of hydrogen-bond acceptors (Lipinski definition) is 6. The molecule has 3 heterocycles. The van der Waals surface area contributed by atoms with E-state index >= 15 is 0 Å². The Bertz CT molecular complexity index is 1130. The zero-order valence-corrected chi connectivity index (χ0v) is 17.6. The number of pyridine rings is 1. The molecule has 0 fully saturated rings. The summed E-state index contributed by atoms with van der Waals surface area (Å²) in [5.74, 6) is 1.24. The number of nitrogens with zero attached hydrogens (tertiary/aromatic N) is 5. The minimum atomic E-state index is -0.298. The van der Waals surface area contributed by atoms with Crippen LogP contribution >= 0.6 is 11.8 Å². The molecule has 4 aromatic rings. The largest absolute Gasteiger partial charge is 0.467 e. The predicted molar refractivity (Wildman–Crippen MR) is 115 cm³/mol. The molecule has 1 aromatic carbocycles. The van der Waals surface area contributed by atoms with Gasteiger partial charge in [-0.1, -0.05) is 23.9 Å². The van der Waals surface area contributed by atoms with E-state index in [1.807, 2.05) is 28.8 Å². The molecule has 0 spiro atoms. The van der Waals surface area contributed by atoms with Crippen LogP contribution in [-0.2, 0) is 17.9 Å². The summed E-state index contributed by atoms with van der Waals surface area (Å²) in [6.45, 7) is 0.839. The van der Waals surface area contributed by atoms with Gasteiger partial charge in [0.15, 0.2) is 11.0 Å². The number of hydrogen-bond donors (Lipinski definition) is 0. The molecular weight excluding hydrogens is 417 g/mol. The van der Waals surface area contributed by atoms with E-state index in [0.717, 1.165) is 16.9 Å². The first-order valence-corrected chi connectivity index (χ1v) is 10.6. The zero-order chi connectivity index (χ0) is 21.6. The lowest BCUT2D eigenvalue weighted by atomic mass is 10.2. The van der Waals surface area contributed by atoms with Crippen molar-refractivity contribution in [1.29, 1.82) is 0 Å². The maximum Gasteiger partial charge on any atom is 0.233 e. The maximum absolute atomic E-state index is 13.1. The lowest BCUT2D eigenvalue weighted by molar-refractivity contribution is -0.127.